The van der Waals surface area contributed by atoms with Crippen molar-refractivity contribution in [3.8, 4) is 5.88 Å². The van der Waals surface area contributed by atoms with Gasteiger partial charge in [-0.05, 0) is 13.3 Å². The average Bonchev–Trinajstić information content (AvgIpc) is 2.55. The number of H-pyrrole nitrogens is 1. The summed E-state index contributed by atoms with van der Waals surface area (Å²) in [6.07, 6.45) is 0.265. The predicted octanol–water partition coefficient (Wildman–Crippen LogP) is -1.09. The molecule has 17 heavy (non-hydrogen) atoms. The van der Waals surface area contributed by atoms with E-state index < -0.39 is 33.0 Å². The van der Waals surface area contributed by atoms with Gasteiger partial charge in [-0.15, -0.1) is 0 Å². The van der Waals surface area contributed by atoms with E-state index in [-0.39, 0.29) is 23.5 Å². The third-order valence-electron chi connectivity index (χ3n) is 2.92. The predicted molar refractivity (Wildman–Crippen MR) is 60.0 cm³/mol. The summed E-state index contributed by atoms with van der Waals surface area (Å²) in [7, 11) is -3.16. The molecule has 8 heteroatoms. The first-order chi connectivity index (χ1) is 7.82. The summed E-state index contributed by atoms with van der Waals surface area (Å²) in [5, 5.41) is 9.74. The maximum absolute atomic E-state index is 11.6. The van der Waals surface area contributed by atoms with E-state index >= 15 is 0 Å². The van der Waals surface area contributed by atoms with E-state index in [9.17, 15) is 23.1 Å². The molecule has 0 aromatic carbocycles. The lowest BCUT2D eigenvalue weighted by Gasteiger charge is -2.14. The standard InChI is InChI=1S/C9H12N2O5S/c1-5-7(12)10-9(14)11(8(5)13)6-2-3-17(15,16)4-6/h6,13H,2-4H2,1H3,(H,10,12,14). The second-order valence-electron chi connectivity index (χ2n) is 4.13. The molecule has 0 aliphatic carbocycles. The van der Waals surface area contributed by atoms with Crippen LogP contribution in [0.4, 0.5) is 0 Å². The number of aromatic amines is 1. The Morgan fingerprint density at radius 1 is 1.41 bits per heavy atom. The van der Waals surface area contributed by atoms with Gasteiger partial charge < -0.3 is 5.11 Å². The van der Waals surface area contributed by atoms with Crippen molar-refractivity contribution in [2.45, 2.75) is 19.4 Å². The Hall–Kier alpha value is -1.57. The maximum Gasteiger partial charge on any atom is 0.331 e. The smallest absolute Gasteiger partial charge is 0.331 e. The van der Waals surface area contributed by atoms with Crippen molar-refractivity contribution in [2.24, 2.45) is 0 Å². The molecule has 2 heterocycles. The highest BCUT2D eigenvalue weighted by Crippen LogP contribution is 2.25. The molecule has 1 aliphatic heterocycles. The van der Waals surface area contributed by atoms with Crippen molar-refractivity contribution in [1.82, 2.24) is 9.55 Å². The summed E-state index contributed by atoms with van der Waals surface area (Å²) in [5.74, 6) is -0.658. The quantitative estimate of drug-likeness (QED) is 0.667. The molecule has 0 spiro atoms. The fourth-order valence-corrected chi connectivity index (χ4v) is 3.65. The van der Waals surface area contributed by atoms with Crippen LogP contribution in [-0.4, -0.2) is 34.6 Å². The molecule has 0 amide bonds. The first-order valence-electron chi connectivity index (χ1n) is 5.06. The molecule has 1 saturated heterocycles. The van der Waals surface area contributed by atoms with Gasteiger partial charge in [0.05, 0.1) is 23.1 Å². The van der Waals surface area contributed by atoms with E-state index in [0.717, 1.165) is 4.57 Å². The van der Waals surface area contributed by atoms with Crippen molar-refractivity contribution < 1.29 is 13.5 Å². The summed E-state index contributed by atoms with van der Waals surface area (Å²) >= 11 is 0. The molecule has 2 rings (SSSR count). The van der Waals surface area contributed by atoms with Crippen molar-refractivity contribution in [1.29, 1.82) is 0 Å². The highest BCUT2D eigenvalue weighted by molar-refractivity contribution is 7.91. The van der Waals surface area contributed by atoms with Crippen LogP contribution in [0.5, 0.6) is 5.88 Å². The molecule has 1 aliphatic rings. The van der Waals surface area contributed by atoms with Crippen LogP contribution in [0.1, 0.15) is 18.0 Å². The Morgan fingerprint density at radius 2 is 2.06 bits per heavy atom. The number of sulfone groups is 1. The molecule has 0 radical (unpaired) electrons. The number of rotatable bonds is 1. The number of aromatic nitrogens is 2. The molecule has 1 fully saturated rings. The van der Waals surface area contributed by atoms with E-state index in [4.69, 9.17) is 0 Å². The lowest BCUT2D eigenvalue weighted by Crippen LogP contribution is -2.34. The lowest BCUT2D eigenvalue weighted by molar-refractivity contribution is 0.370. The zero-order valence-electron chi connectivity index (χ0n) is 9.13. The minimum atomic E-state index is -3.16. The SMILES string of the molecule is Cc1c(O)n(C2CCS(=O)(=O)C2)c(=O)[nH]c1=O. The fourth-order valence-electron chi connectivity index (χ4n) is 1.95. The number of nitrogens with zero attached hydrogens (tertiary/aromatic N) is 1. The molecule has 7 nitrogen and oxygen atoms in total. The van der Waals surface area contributed by atoms with Gasteiger partial charge in [0.15, 0.2) is 9.84 Å². The van der Waals surface area contributed by atoms with Gasteiger partial charge in [-0.1, -0.05) is 0 Å². The minimum Gasteiger partial charge on any atom is -0.494 e. The van der Waals surface area contributed by atoms with Crippen LogP contribution in [0.3, 0.4) is 0 Å². The maximum atomic E-state index is 11.6. The summed E-state index contributed by atoms with van der Waals surface area (Å²) in [6.45, 7) is 1.37. The van der Waals surface area contributed by atoms with Gasteiger partial charge in [0, 0.05) is 0 Å². The second-order valence-corrected chi connectivity index (χ2v) is 6.36. The van der Waals surface area contributed by atoms with Gasteiger partial charge in [-0.3, -0.25) is 14.3 Å². The highest BCUT2D eigenvalue weighted by Gasteiger charge is 2.31. The van der Waals surface area contributed by atoms with Crippen LogP contribution in [0.15, 0.2) is 9.59 Å². The summed E-state index contributed by atoms with van der Waals surface area (Å²) in [5.41, 5.74) is -1.43. The minimum absolute atomic E-state index is 0.00824. The third-order valence-corrected chi connectivity index (χ3v) is 4.67. The zero-order valence-corrected chi connectivity index (χ0v) is 9.95. The molecule has 94 valence electrons. The Kier molecular flexibility index (Phi) is 2.61. The van der Waals surface area contributed by atoms with Gasteiger partial charge >= 0.3 is 5.69 Å². The number of aromatic hydroxyl groups is 1. The average molecular weight is 260 g/mol. The van der Waals surface area contributed by atoms with Gasteiger partial charge in [0.2, 0.25) is 5.88 Å². The summed E-state index contributed by atoms with van der Waals surface area (Å²) < 4.78 is 23.6. The first kappa shape index (κ1) is 11.9. The summed E-state index contributed by atoms with van der Waals surface area (Å²) in [6, 6.07) is -0.608. The fraction of sp³-hybridized carbons (Fsp3) is 0.556. The van der Waals surface area contributed by atoms with Crippen molar-refractivity contribution in [3.05, 3.63) is 26.4 Å². The zero-order chi connectivity index (χ0) is 12.8. The normalized spacial score (nSPS) is 22.8. The Labute approximate surface area is 96.6 Å². The van der Waals surface area contributed by atoms with Gasteiger partial charge in [0.25, 0.3) is 5.56 Å². The van der Waals surface area contributed by atoms with Crippen molar-refractivity contribution in [3.63, 3.8) is 0 Å². The largest absolute Gasteiger partial charge is 0.494 e. The third kappa shape index (κ3) is 1.99. The molecular weight excluding hydrogens is 248 g/mol. The molecule has 1 unspecified atom stereocenters. The summed E-state index contributed by atoms with van der Waals surface area (Å²) in [4.78, 5) is 24.8. The van der Waals surface area contributed by atoms with E-state index in [1.165, 1.54) is 6.92 Å². The lowest BCUT2D eigenvalue weighted by atomic mass is 10.2. The van der Waals surface area contributed by atoms with E-state index in [0.29, 0.717) is 0 Å². The Morgan fingerprint density at radius 3 is 2.59 bits per heavy atom. The van der Waals surface area contributed by atoms with Crippen LogP contribution in [0.25, 0.3) is 0 Å². The molecule has 2 N–H and O–H groups in total. The van der Waals surface area contributed by atoms with Crippen LogP contribution < -0.4 is 11.2 Å². The molecule has 0 bridgehead atoms. The number of hydrogen-bond donors (Lipinski definition) is 2. The van der Waals surface area contributed by atoms with E-state index in [1.807, 2.05) is 4.98 Å². The number of hydrogen-bond acceptors (Lipinski definition) is 5. The van der Waals surface area contributed by atoms with Crippen LogP contribution in [-0.2, 0) is 9.84 Å². The van der Waals surface area contributed by atoms with Gasteiger partial charge in [-0.25, -0.2) is 13.2 Å². The molecule has 1 aromatic heterocycles. The number of nitrogens with one attached hydrogen (secondary N) is 1. The first-order valence-corrected chi connectivity index (χ1v) is 6.89. The molecule has 1 atom stereocenters. The van der Waals surface area contributed by atoms with Crippen LogP contribution in [0, 0.1) is 6.92 Å². The Balaban J connectivity index is 2.58. The Bertz CT molecular complexity index is 670. The van der Waals surface area contributed by atoms with Crippen molar-refractivity contribution >= 4 is 9.84 Å². The van der Waals surface area contributed by atoms with Crippen molar-refractivity contribution in [2.75, 3.05) is 11.5 Å². The topological polar surface area (TPSA) is 109 Å². The van der Waals surface area contributed by atoms with Crippen LogP contribution in [0.2, 0.25) is 0 Å². The highest BCUT2D eigenvalue weighted by atomic mass is 32.2. The van der Waals surface area contributed by atoms with E-state index in [2.05, 4.69) is 0 Å². The monoisotopic (exact) mass is 260 g/mol. The molecule has 1 aromatic rings. The molecule has 0 saturated carbocycles. The van der Waals surface area contributed by atoms with Crippen LogP contribution >= 0.6 is 0 Å². The van der Waals surface area contributed by atoms with Gasteiger partial charge in [0.1, 0.15) is 0 Å². The van der Waals surface area contributed by atoms with Gasteiger partial charge in [-0.2, -0.15) is 0 Å². The van der Waals surface area contributed by atoms with E-state index in [1.54, 1.807) is 0 Å². The molecular formula is C9H12N2O5S. The second kappa shape index (κ2) is 3.73.